The highest BCUT2D eigenvalue weighted by molar-refractivity contribution is 5.44. The van der Waals surface area contributed by atoms with Crippen LogP contribution in [0.4, 0.5) is 11.6 Å². The van der Waals surface area contributed by atoms with Crippen molar-refractivity contribution in [3.63, 3.8) is 0 Å². The van der Waals surface area contributed by atoms with Gasteiger partial charge >= 0.3 is 0 Å². The van der Waals surface area contributed by atoms with Gasteiger partial charge in [0.1, 0.15) is 11.6 Å². The zero-order chi connectivity index (χ0) is 13.9. The van der Waals surface area contributed by atoms with Gasteiger partial charge in [0.2, 0.25) is 0 Å². The number of nitrogens with one attached hydrogen (secondary N) is 2. The zero-order valence-electron chi connectivity index (χ0n) is 12.7. The van der Waals surface area contributed by atoms with Crippen molar-refractivity contribution in [2.24, 2.45) is 5.92 Å². The molecule has 0 spiro atoms. The summed E-state index contributed by atoms with van der Waals surface area (Å²) in [6.45, 7) is 8.60. The van der Waals surface area contributed by atoms with E-state index in [9.17, 15) is 0 Å². The van der Waals surface area contributed by atoms with Crippen molar-refractivity contribution in [1.29, 1.82) is 0 Å². The van der Waals surface area contributed by atoms with Crippen molar-refractivity contribution in [1.82, 2.24) is 4.98 Å². The molecule has 3 heteroatoms. The normalized spacial score (nSPS) is 10.7. The van der Waals surface area contributed by atoms with Crippen LogP contribution in [0.1, 0.15) is 52.9 Å². The molecule has 0 saturated heterocycles. The lowest BCUT2D eigenvalue weighted by Gasteiger charge is -2.08. The molecule has 1 rings (SSSR count). The van der Waals surface area contributed by atoms with E-state index in [-0.39, 0.29) is 0 Å². The standard InChI is InChI=1S/C16H29N3/c1-4-17-15-11-9-12-16(19-15)18-13-8-6-5-7-10-14(2)3/h9,11-12,14H,4-8,10,13H2,1-3H3,(H2,17,18,19). The second-order valence-corrected chi connectivity index (χ2v) is 5.46. The van der Waals surface area contributed by atoms with Gasteiger partial charge in [0.05, 0.1) is 0 Å². The number of rotatable bonds is 10. The SMILES string of the molecule is CCNc1cccc(NCCCCCCC(C)C)n1. The molecule has 19 heavy (non-hydrogen) atoms. The average molecular weight is 263 g/mol. The van der Waals surface area contributed by atoms with Crippen LogP contribution in [0.2, 0.25) is 0 Å². The van der Waals surface area contributed by atoms with Crippen molar-refractivity contribution in [3.8, 4) is 0 Å². The van der Waals surface area contributed by atoms with Crippen molar-refractivity contribution in [3.05, 3.63) is 18.2 Å². The molecule has 0 bridgehead atoms. The fourth-order valence-corrected chi connectivity index (χ4v) is 2.06. The van der Waals surface area contributed by atoms with Gasteiger partial charge in [0.15, 0.2) is 0 Å². The molecular formula is C16H29N3. The third kappa shape index (κ3) is 7.70. The summed E-state index contributed by atoms with van der Waals surface area (Å²) in [4.78, 5) is 4.50. The molecule has 0 atom stereocenters. The first-order valence-electron chi connectivity index (χ1n) is 7.67. The van der Waals surface area contributed by atoms with Crippen LogP contribution >= 0.6 is 0 Å². The van der Waals surface area contributed by atoms with E-state index < -0.39 is 0 Å². The summed E-state index contributed by atoms with van der Waals surface area (Å²) in [5.41, 5.74) is 0. The molecule has 0 aliphatic carbocycles. The van der Waals surface area contributed by atoms with Gasteiger partial charge in [0.25, 0.3) is 0 Å². The Morgan fingerprint density at radius 3 is 2.37 bits per heavy atom. The summed E-state index contributed by atoms with van der Waals surface area (Å²) < 4.78 is 0. The topological polar surface area (TPSA) is 37.0 Å². The molecule has 3 nitrogen and oxygen atoms in total. The van der Waals surface area contributed by atoms with Crippen LogP contribution in [0, 0.1) is 5.92 Å². The quantitative estimate of drug-likeness (QED) is 0.609. The number of hydrogen-bond donors (Lipinski definition) is 2. The molecule has 0 aromatic carbocycles. The number of nitrogens with zero attached hydrogens (tertiary/aromatic N) is 1. The second kappa shape index (κ2) is 9.65. The van der Waals surface area contributed by atoms with Crippen LogP contribution < -0.4 is 10.6 Å². The van der Waals surface area contributed by atoms with Crippen molar-refractivity contribution >= 4 is 11.6 Å². The molecule has 0 unspecified atom stereocenters. The lowest BCUT2D eigenvalue weighted by Crippen LogP contribution is -2.05. The van der Waals surface area contributed by atoms with Crippen LogP contribution in [-0.2, 0) is 0 Å². The Hall–Kier alpha value is -1.25. The van der Waals surface area contributed by atoms with Crippen LogP contribution in [-0.4, -0.2) is 18.1 Å². The highest BCUT2D eigenvalue weighted by Gasteiger charge is 1.97. The molecule has 0 radical (unpaired) electrons. The summed E-state index contributed by atoms with van der Waals surface area (Å²) in [5.74, 6) is 2.76. The zero-order valence-corrected chi connectivity index (χ0v) is 12.7. The molecular weight excluding hydrogens is 234 g/mol. The molecule has 1 aromatic heterocycles. The van der Waals surface area contributed by atoms with Gasteiger partial charge in [-0.1, -0.05) is 45.6 Å². The first kappa shape index (κ1) is 15.8. The number of hydrogen-bond acceptors (Lipinski definition) is 3. The third-order valence-corrected chi connectivity index (χ3v) is 3.12. The molecule has 0 aliphatic heterocycles. The first-order valence-corrected chi connectivity index (χ1v) is 7.67. The van der Waals surface area contributed by atoms with Gasteiger partial charge in [-0.3, -0.25) is 0 Å². The van der Waals surface area contributed by atoms with E-state index in [0.29, 0.717) is 0 Å². The van der Waals surface area contributed by atoms with E-state index >= 15 is 0 Å². The van der Waals surface area contributed by atoms with Gasteiger partial charge in [-0.15, -0.1) is 0 Å². The average Bonchev–Trinajstić information content (AvgIpc) is 2.38. The monoisotopic (exact) mass is 263 g/mol. The molecule has 0 saturated carbocycles. The fourth-order valence-electron chi connectivity index (χ4n) is 2.06. The number of aromatic nitrogens is 1. The summed E-state index contributed by atoms with van der Waals surface area (Å²) in [6, 6.07) is 6.07. The maximum atomic E-state index is 4.50. The fraction of sp³-hybridized carbons (Fsp3) is 0.688. The number of pyridine rings is 1. The van der Waals surface area contributed by atoms with E-state index in [1.54, 1.807) is 0 Å². The van der Waals surface area contributed by atoms with Gasteiger partial charge in [-0.05, 0) is 31.4 Å². The van der Waals surface area contributed by atoms with E-state index in [0.717, 1.165) is 30.6 Å². The second-order valence-electron chi connectivity index (χ2n) is 5.46. The highest BCUT2D eigenvalue weighted by Crippen LogP contribution is 2.11. The molecule has 108 valence electrons. The van der Waals surface area contributed by atoms with E-state index in [1.807, 2.05) is 18.2 Å². The molecule has 1 aromatic rings. The summed E-state index contributed by atoms with van der Waals surface area (Å²) in [5, 5.41) is 6.62. The van der Waals surface area contributed by atoms with E-state index in [2.05, 4.69) is 36.4 Å². The van der Waals surface area contributed by atoms with Crippen LogP contribution in [0.25, 0.3) is 0 Å². The predicted octanol–water partition coefficient (Wildman–Crippen LogP) is 4.53. The summed E-state index contributed by atoms with van der Waals surface area (Å²) in [6.07, 6.45) is 6.62. The van der Waals surface area contributed by atoms with Gasteiger partial charge in [-0.25, -0.2) is 4.98 Å². The van der Waals surface area contributed by atoms with Gasteiger partial charge in [0, 0.05) is 13.1 Å². The maximum Gasteiger partial charge on any atom is 0.128 e. The minimum Gasteiger partial charge on any atom is -0.370 e. The Morgan fingerprint density at radius 2 is 1.68 bits per heavy atom. The number of anilines is 2. The number of unbranched alkanes of at least 4 members (excludes halogenated alkanes) is 3. The third-order valence-electron chi connectivity index (χ3n) is 3.12. The smallest absolute Gasteiger partial charge is 0.128 e. The Kier molecular flexibility index (Phi) is 8.03. The van der Waals surface area contributed by atoms with Gasteiger partial charge in [-0.2, -0.15) is 0 Å². The Bertz CT molecular complexity index is 337. The molecule has 0 amide bonds. The predicted molar refractivity (Wildman–Crippen MR) is 84.8 cm³/mol. The minimum atomic E-state index is 0.844. The molecule has 0 fully saturated rings. The molecule has 1 heterocycles. The largest absolute Gasteiger partial charge is 0.370 e. The van der Waals surface area contributed by atoms with Crippen molar-refractivity contribution in [2.75, 3.05) is 23.7 Å². The first-order chi connectivity index (χ1) is 9.22. The lowest BCUT2D eigenvalue weighted by molar-refractivity contribution is 0.523. The summed E-state index contributed by atoms with van der Waals surface area (Å²) >= 11 is 0. The minimum absolute atomic E-state index is 0.844. The van der Waals surface area contributed by atoms with Crippen LogP contribution in [0.5, 0.6) is 0 Å². The Balaban J connectivity index is 2.10. The summed E-state index contributed by atoms with van der Waals surface area (Å²) in [7, 11) is 0. The Morgan fingerprint density at radius 1 is 1.00 bits per heavy atom. The highest BCUT2D eigenvalue weighted by atomic mass is 15.1. The van der Waals surface area contributed by atoms with Crippen LogP contribution in [0.15, 0.2) is 18.2 Å². The van der Waals surface area contributed by atoms with E-state index in [4.69, 9.17) is 0 Å². The Labute approximate surface area is 118 Å². The van der Waals surface area contributed by atoms with Gasteiger partial charge < -0.3 is 10.6 Å². The van der Waals surface area contributed by atoms with E-state index in [1.165, 1.54) is 32.1 Å². The molecule has 2 N–H and O–H groups in total. The maximum absolute atomic E-state index is 4.50. The lowest BCUT2D eigenvalue weighted by atomic mass is 10.0. The van der Waals surface area contributed by atoms with Crippen molar-refractivity contribution < 1.29 is 0 Å². The molecule has 0 aliphatic rings. The van der Waals surface area contributed by atoms with Crippen molar-refractivity contribution in [2.45, 2.75) is 52.9 Å². The van der Waals surface area contributed by atoms with Crippen LogP contribution in [0.3, 0.4) is 0 Å².